The molecule has 1 unspecified atom stereocenters. The predicted molar refractivity (Wildman–Crippen MR) is 99.0 cm³/mol. The van der Waals surface area contributed by atoms with Gasteiger partial charge in [-0.3, -0.25) is 0 Å². The molecule has 0 aliphatic rings. The number of halogens is 1. The van der Waals surface area contributed by atoms with E-state index in [0.29, 0.717) is 5.02 Å². The molecule has 0 aromatic heterocycles. The zero-order valence-corrected chi connectivity index (χ0v) is 16.5. The fraction of sp³-hybridized carbons (Fsp3) is 0.647. The second-order valence-corrected chi connectivity index (χ2v) is 10.3. The SMILES string of the molecule is CN(C)c1ccc(Cl)cc1[C@@H](NS(=O)C(C)(C)C)C(C)(C)C. The molecular weight excluding hydrogens is 316 g/mol. The van der Waals surface area contributed by atoms with Crippen LogP contribution < -0.4 is 9.62 Å². The third kappa shape index (κ3) is 4.97. The van der Waals surface area contributed by atoms with E-state index >= 15 is 0 Å². The summed E-state index contributed by atoms with van der Waals surface area (Å²) in [6, 6.07) is 5.81. The van der Waals surface area contributed by atoms with E-state index in [-0.39, 0.29) is 16.2 Å². The highest BCUT2D eigenvalue weighted by molar-refractivity contribution is 7.84. The predicted octanol–water partition coefficient (Wildman–Crippen LogP) is 4.55. The average molecular weight is 345 g/mol. The lowest BCUT2D eigenvalue weighted by Gasteiger charge is -2.36. The number of nitrogens with one attached hydrogen (secondary N) is 1. The van der Waals surface area contributed by atoms with Gasteiger partial charge in [-0.2, -0.15) is 0 Å². The number of benzene rings is 1. The van der Waals surface area contributed by atoms with Gasteiger partial charge in [0, 0.05) is 24.8 Å². The van der Waals surface area contributed by atoms with E-state index in [0.717, 1.165) is 11.3 Å². The monoisotopic (exact) mass is 344 g/mol. The Kier molecular flexibility index (Phi) is 6.10. The van der Waals surface area contributed by atoms with Gasteiger partial charge in [0.2, 0.25) is 0 Å². The Balaban J connectivity index is 3.36. The van der Waals surface area contributed by atoms with Crippen LogP contribution in [0.4, 0.5) is 5.69 Å². The molecule has 2 atom stereocenters. The van der Waals surface area contributed by atoms with Crippen molar-refractivity contribution in [2.24, 2.45) is 5.41 Å². The Morgan fingerprint density at radius 3 is 2.09 bits per heavy atom. The lowest BCUT2D eigenvalue weighted by Crippen LogP contribution is -2.41. The van der Waals surface area contributed by atoms with Crippen molar-refractivity contribution in [3.8, 4) is 0 Å². The summed E-state index contributed by atoms with van der Waals surface area (Å²) in [5.41, 5.74) is 2.06. The zero-order chi connectivity index (χ0) is 17.3. The number of hydrogen-bond acceptors (Lipinski definition) is 2. The van der Waals surface area contributed by atoms with Crippen molar-refractivity contribution in [2.45, 2.75) is 52.3 Å². The molecule has 0 bridgehead atoms. The molecule has 0 aliphatic carbocycles. The highest BCUT2D eigenvalue weighted by Gasteiger charge is 2.33. The van der Waals surface area contributed by atoms with Crippen molar-refractivity contribution >= 4 is 28.3 Å². The fourth-order valence-corrected chi connectivity index (χ4v) is 3.38. The number of anilines is 1. The summed E-state index contributed by atoms with van der Waals surface area (Å²) >= 11 is 6.22. The first kappa shape index (κ1) is 19.5. The van der Waals surface area contributed by atoms with Crippen molar-refractivity contribution in [3.63, 3.8) is 0 Å². The molecule has 0 saturated carbocycles. The molecule has 3 nitrogen and oxygen atoms in total. The largest absolute Gasteiger partial charge is 0.377 e. The molecule has 1 rings (SSSR count). The number of hydrogen-bond donors (Lipinski definition) is 1. The van der Waals surface area contributed by atoms with Crippen LogP contribution in [0.3, 0.4) is 0 Å². The molecular formula is C17H29ClN2OS. The molecule has 22 heavy (non-hydrogen) atoms. The van der Waals surface area contributed by atoms with Gasteiger partial charge >= 0.3 is 0 Å². The fourth-order valence-electron chi connectivity index (χ4n) is 2.15. The summed E-state index contributed by atoms with van der Waals surface area (Å²) in [6.45, 7) is 12.3. The van der Waals surface area contributed by atoms with E-state index in [1.54, 1.807) is 0 Å². The van der Waals surface area contributed by atoms with Gasteiger partial charge in [-0.25, -0.2) is 8.93 Å². The van der Waals surface area contributed by atoms with E-state index in [1.165, 1.54) is 0 Å². The topological polar surface area (TPSA) is 32.3 Å². The molecule has 0 saturated heterocycles. The Hall–Kier alpha value is -0.580. The number of nitrogens with zero attached hydrogens (tertiary/aromatic N) is 1. The lowest BCUT2D eigenvalue weighted by atomic mass is 9.82. The minimum Gasteiger partial charge on any atom is -0.377 e. The molecule has 1 N–H and O–H groups in total. The molecule has 0 heterocycles. The van der Waals surface area contributed by atoms with E-state index in [1.807, 2.05) is 53.1 Å². The Morgan fingerprint density at radius 1 is 1.14 bits per heavy atom. The molecule has 1 aromatic carbocycles. The normalized spacial score (nSPS) is 15.5. The van der Waals surface area contributed by atoms with Gasteiger partial charge in [-0.05, 0) is 49.9 Å². The summed E-state index contributed by atoms with van der Waals surface area (Å²) in [6.07, 6.45) is 0. The highest BCUT2D eigenvalue weighted by atomic mass is 35.5. The third-order valence-electron chi connectivity index (χ3n) is 3.43. The Morgan fingerprint density at radius 2 is 1.68 bits per heavy atom. The summed E-state index contributed by atoms with van der Waals surface area (Å²) in [5.74, 6) is 0. The minimum atomic E-state index is -1.15. The summed E-state index contributed by atoms with van der Waals surface area (Å²) in [5, 5.41) is 0.693. The van der Waals surface area contributed by atoms with Crippen molar-refractivity contribution in [1.29, 1.82) is 0 Å². The van der Waals surface area contributed by atoms with Crippen LogP contribution in [0.25, 0.3) is 0 Å². The van der Waals surface area contributed by atoms with Crippen molar-refractivity contribution in [1.82, 2.24) is 4.72 Å². The Bertz CT molecular complexity index is 545. The first-order valence-electron chi connectivity index (χ1n) is 7.49. The first-order valence-corrected chi connectivity index (χ1v) is 9.01. The quantitative estimate of drug-likeness (QED) is 0.869. The number of rotatable bonds is 4. The van der Waals surface area contributed by atoms with E-state index in [9.17, 15) is 4.21 Å². The van der Waals surface area contributed by atoms with Crippen molar-refractivity contribution in [3.05, 3.63) is 28.8 Å². The van der Waals surface area contributed by atoms with E-state index in [2.05, 4.69) is 30.4 Å². The average Bonchev–Trinajstić information content (AvgIpc) is 2.32. The minimum absolute atomic E-state index is 0.0661. The van der Waals surface area contributed by atoms with E-state index < -0.39 is 11.0 Å². The molecule has 126 valence electrons. The van der Waals surface area contributed by atoms with Crippen LogP contribution in [0, 0.1) is 5.41 Å². The molecule has 5 heteroatoms. The van der Waals surface area contributed by atoms with Gasteiger partial charge in [0.25, 0.3) is 0 Å². The summed E-state index contributed by atoms with van der Waals surface area (Å²) in [7, 11) is 2.86. The standard InChI is InChI=1S/C17H29ClN2OS/c1-16(2,3)15(19-22(21)17(4,5)6)13-11-12(18)9-10-14(13)20(7)8/h9-11,15,19H,1-8H3/t15-,22?/m1/s1. The van der Waals surface area contributed by atoms with Gasteiger partial charge in [-0.1, -0.05) is 32.4 Å². The second-order valence-electron chi connectivity index (χ2n) is 7.90. The molecule has 0 amide bonds. The van der Waals surface area contributed by atoms with Gasteiger partial charge in [0.1, 0.15) is 0 Å². The summed E-state index contributed by atoms with van der Waals surface area (Å²) < 4.78 is 15.6. The van der Waals surface area contributed by atoms with Crippen LogP contribution in [-0.2, 0) is 11.0 Å². The van der Waals surface area contributed by atoms with Gasteiger partial charge in [-0.15, -0.1) is 0 Å². The smallest absolute Gasteiger partial charge is 0.0976 e. The Labute approximate surface area is 143 Å². The molecule has 1 aromatic rings. The third-order valence-corrected chi connectivity index (χ3v) is 5.23. The first-order chi connectivity index (χ1) is 9.84. The van der Waals surface area contributed by atoms with Crippen molar-refractivity contribution in [2.75, 3.05) is 19.0 Å². The maximum absolute atomic E-state index is 12.6. The highest BCUT2D eigenvalue weighted by Crippen LogP contribution is 2.39. The van der Waals surface area contributed by atoms with Gasteiger partial charge in [0.15, 0.2) is 0 Å². The van der Waals surface area contributed by atoms with Gasteiger partial charge in [0.05, 0.1) is 21.8 Å². The van der Waals surface area contributed by atoms with Crippen LogP contribution in [0.5, 0.6) is 0 Å². The molecule has 0 radical (unpaired) electrons. The zero-order valence-electron chi connectivity index (χ0n) is 15.0. The maximum Gasteiger partial charge on any atom is 0.0976 e. The molecule has 0 spiro atoms. The molecule has 0 aliphatic heterocycles. The van der Waals surface area contributed by atoms with Crippen LogP contribution in [0.2, 0.25) is 5.02 Å². The van der Waals surface area contributed by atoms with Crippen LogP contribution in [0.1, 0.15) is 53.1 Å². The van der Waals surface area contributed by atoms with Crippen LogP contribution in [0.15, 0.2) is 18.2 Å². The van der Waals surface area contributed by atoms with Crippen LogP contribution in [-0.4, -0.2) is 23.1 Å². The van der Waals surface area contributed by atoms with Gasteiger partial charge < -0.3 is 4.90 Å². The second kappa shape index (κ2) is 6.90. The summed E-state index contributed by atoms with van der Waals surface area (Å²) in [4.78, 5) is 2.06. The lowest BCUT2D eigenvalue weighted by molar-refractivity contribution is 0.307. The van der Waals surface area contributed by atoms with Crippen LogP contribution >= 0.6 is 11.6 Å². The maximum atomic E-state index is 12.6. The molecule has 0 fully saturated rings. The van der Waals surface area contributed by atoms with Crippen molar-refractivity contribution < 1.29 is 4.21 Å². The van der Waals surface area contributed by atoms with E-state index in [4.69, 9.17) is 11.6 Å².